The van der Waals surface area contributed by atoms with Crippen LogP contribution in [0.1, 0.15) is 55.7 Å². The number of benzene rings is 3. The predicted molar refractivity (Wildman–Crippen MR) is 170 cm³/mol. The first-order chi connectivity index (χ1) is 23.2. The molecule has 1 unspecified atom stereocenters. The molecule has 1 saturated carbocycles. The molecule has 0 bridgehead atoms. The Kier molecular flexibility index (Phi) is 13.1. The SMILES string of the molecule is CCCCC(C#N)(Cn1cncn1)c1ccccc1.O=C(Cc1ccccc1)N/C(=N\OCC1CC1)c1c(OC(F)F)ccc(F)c1F. The highest BCUT2D eigenvalue weighted by molar-refractivity contribution is 6.09. The average molecular weight is 665 g/mol. The maximum atomic E-state index is 14.5. The van der Waals surface area contributed by atoms with Crippen molar-refractivity contribution in [2.75, 3.05) is 6.61 Å². The van der Waals surface area contributed by atoms with Gasteiger partial charge in [-0.15, -0.1) is 0 Å². The van der Waals surface area contributed by atoms with Gasteiger partial charge >= 0.3 is 6.61 Å². The number of nitrogens with zero attached hydrogens (tertiary/aromatic N) is 5. The second-order valence-electron chi connectivity index (χ2n) is 11.3. The minimum atomic E-state index is -3.28. The van der Waals surface area contributed by atoms with Crippen LogP contribution in [-0.2, 0) is 28.0 Å². The Balaban J connectivity index is 0.000000237. The van der Waals surface area contributed by atoms with Crippen LogP contribution in [0.25, 0.3) is 0 Å². The number of amidine groups is 1. The number of carbonyl (C=O) groups excluding carboxylic acids is 1. The van der Waals surface area contributed by atoms with Gasteiger partial charge in [-0.2, -0.15) is 19.1 Å². The number of hydrogen-bond donors (Lipinski definition) is 1. The van der Waals surface area contributed by atoms with E-state index < -0.39 is 46.7 Å². The average Bonchev–Trinajstić information content (AvgIpc) is 3.77. The highest BCUT2D eigenvalue weighted by Crippen LogP contribution is 2.32. The van der Waals surface area contributed by atoms with E-state index in [1.165, 1.54) is 6.33 Å². The van der Waals surface area contributed by atoms with Crippen LogP contribution in [0.4, 0.5) is 17.6 Å². The van der Waals surface area contributed by atoms with Gasteiger partial charge in [0.2, 0.25) is 5.91 Å². The predicted octanol–water partition coefficient (Wildman–Crippen LogP) is 6.94. The standard InChI is InChI=1S/C20H18F4N2O3.C15H18N4/c21-14-8-9-15(29-20(23)24)17(18(14)22)19(26-28-11-13-6-7-13)25-16(27)10-12-4-2-1-3-5-12;1-2-3-9-15(10-16,11-19-13-17-12-18-19)14-7-5-4-6-8-14/h1-5,8-9,13,20H,6-7,10-11H2,(H,25,26,27);4-8,12-13H,2-3,9,11H2,1H3. The van der Waals surface area contributed by atoms with E-state index in [2.05, 4.69) is 38.3 Å². The van der Waals surface area contributed by atoms with Gasteiger partial charge in [-0.1, -0.05) is 85.6 Å². The van der Waals surface area contributed by atoms with Gasteiger partial charge in [0.1, 0.15) is 36.0 Å². The Bertz CT molecular complexity index is 1660. The van der Waals surface area contributed by atoms with E-state index in [0.29, 0.717) is 18.2 Å². The summed E-state index contributed by atoms with van der Waals surface area (Å²) in [7, 11) is 0. The summed E-state index contributed by atoms with van der Waals surface area (Å²) in [6.07, 6.45) is 7.91. The molecular weight excluding hydrogens is 628 g/mol. The Morgan fingerprint density at radius 2 is 1.81 bits per heavy atom. The molecule has 1 amide bonds. The number of aromatic nitrogens is 3. The summed E-state index contributed by atoms with van der Waals surface area (Å²) in [5.74, 6) is -4.34. The van der Waals surface area contributed by atoms with Crippen LogP contribution in [0.3, 0.4) is 0 Å². The Hall–Kier alpha value is -5.25. The van der Waals surface area contributed by atoms with Crippen molar-refractivity contribution in [1.82, 2.24) is 20.1 Å². The van der Waals surface area contributed by atoms with Crippen LogP contribution in [0, 0.1) is 28.9 Å². The molecular formula is C35H36F4N6O3. The van der Waals surface area contributed by atoms with Crippen molar-refractivity contribution in [3.05, 3.63) is 114 Å². The molecule has 0 radical (unpaired) electrons. The van der Waals surface area contributed by atoms with Gasteiger partial charge in [-0.05, 0) is 48.4 Å². The first-order valence-corrected chi connectivity index (χ1v) is 15.5. The maximum absolute atomic E-state index is 14.5. The maximum Gasteiger partial charge on any atom is 0.387 e. The molecule has 1 heterocycles. The van der Waals surface area contributed by atoms with Crippen LogP contribution in [0.2, 0.25) is 0 Å². The lowest BCUT2D eigenvalue weighted by Crippen LogP contribution is -2.34. The van der Waals surface area contributed by atoms with E-state index in [0.717, 1.165) is 43.7 Å². The summed E-state index contributed by atoms with van der Waals surface area (Å²) in [5.41, 5.74) is 0.446. The van der Waals surface area contributed by atoms with Gasteiger partial charge in [0.15, 0.2) is 17.5 Å². The number of hydrogen-bond acceptors (Lipinski definition) is 7. The second kappa shape index (κ2) is 17.6. The molecule has 0 spiro atoms. The van der Waals surface area contributed by atoms with Crippen LogP contribution in [0.5, 0.6) is 5.75 Å². The van der Waals surface area contributed by atoms with E-state index in [4.69, 9.17) is 4.84 Å². The third-order valence-electron chi connectivity index (χ3n) is 7.53. The summed E-state index contributed by atoms with van der Waals surface area (Å²) in [6.45, 7) is -0.386. The van der Waals surface area contributed by atoms with Crippen molar-refractivity contribution in [2.24, 2.45) is 11.1 Å². The molecule has 0 aliphatic heterocycles. The molecule has 3 aromatic carbocycles. The fraction of sp³-hybridized carbons (Fsp3) is 0.343. The van der Waals surface area contributed by atoms with Crippen molar-refractivity contribution >= 4 is 11.7 Å². The molecule has 1 aliphatic carbocycles. The smallest absolute Gasteiger partial charge is 0.387 e. The van der Waals surface area contributed by atoms with Crippen molar-refractivity contribution < 1.29 is 31.9 Å². The lowest BCUT2D eigenvalue weighted by atomic mass is 9.77. The monoisotopic (exact) mass is 664 g/mol. The first kappa shape index (κ1) is 35.6. The second-order valence-corrected chi connectivity index (χ2v) is 11.3. The summed E-state index contributed by atoms with van der Waals surface area (Å²) in [4.78, 5) is 21.5. The molecule has 5 rings (SSSR count). The zero-order valence-corrected chi connectivity index (χ0v) is 26.4. The van der Waals surface area contributed by atoms with Gasteiger partial charge in [0.25, 0.3) is 0 Å². The number of halogens is 4. The topological polar surface area (TPSA) is 114 Å². The van der Waals surface area contributed by atoms with E-state index >= 15 is 0 Å². The van der Waals surface area contributed by atoms with Crippen LogP contribution in [-0.4, -0.2) is 39.7 Å². The van der Waals surface area contributed by atoms with Crippen LogP contribution >= 0.6 is 0 Å². The highest BCUT2D eigenvalue weighted by Gasteiger charge is 2.32. The molecule has 1 fully saturated rings. The van der Waals surface area contributed by atoms with E-state index in [-0.39, 0.29) is 18.9 Å². The van der Waals surface area contributed by atoms with Crippen molar-refractivity contribution in [1.29, 1.82) is 5.26 Å². The minimum absolute atomic E-state index is 0.0928. The number of nitriles is 1. The fourth-order valence-corrected chi connectivity index (χ4v) is 4.83. The number of ether oxygens (including phenoxy) is 1. The Labute approximate surface area is 276 Å². The number of carbonyl (C=O) groups is 1. The molecule has 1 aliphatic rings. The number of rotatable bonds is 14. The summed E-state index contributed by atoms with van der Waals surface area (Å²) >= 11 is 0. The molecule has 9 nitrogen and oxygen atoms in total. The van der Waals surface area contributed by atoms with Crippen molar-refractivity contribution in [3.63, 3.8) is 0 Å². The molecule has 1 aromatic heterocycles. The molecule has 0 saturated heterocycles. The lowest BCUT2D eigenvalue weighted by molar-refractivity contribution is -0.119. The zero-order valence-electron chi connectivity index (χ0n) is 26.4. The quantitative estimate of drug-likeness (QED) is 0.0676. The van der Waals surface area contributed by atoms with Gasteiger partial charge in [0, 0.05) is 0 Å². The molecule has 4 aromatic rings. The van der Waals surface area contributed by atoms with Gasteiger partial charge < -0.3 is 14.9 Å². The molecule has 1 N–H and O–H groups in total. The highest BCUT2D eigenvalue weighted by atomic mass is 19.3. The number of unbranched alkanes of at least 4 members (excludes halogenated alkanes) is 1. The number of amides is 1. The third kappa shape index (κ3) is 10.4. The largest absolute Gasteiger partial charge is 0.434 e. The van der Waals surface area contributed by atoms with Crippen LogP contribution in [0.15, 0.2) is 90.6 Å². The number of alkyl halides is 2. The molecule has 1 atom stereocenters. The fourth-order valence-electron chi connectivity index (χ4n) is 4.83. The minimum Gasteiger partial charge on any atom is -0.434 e. The van der Waals surface area contributed by atoms with Gasteiger partial charge in [0.05, 0.1) is 19.0 Å². The number of nitrogens with one attached hydrogen (secondary N) is 1. The molecule has 252 valence electrons. The summed E-state index contributed by atoms with van der Waals surface area (Å²) in [6, 6.07) is 22.6. The normalized spacial score (nSPS) is 13.9. The zero-order chi connectivity index (χ0) is 34.4. The van der Waals surface area contributed by atoms with Crippen molar-refractivity contribution in [2.45, 2.75) is 64.0 Å². The Morgan fingerprint density at radius 3 is 2.42 bits per heavy atom. The number of oxime groups is 1. The van der Waals surface area contributed by atoms with Crippen molar-refractivity contribution in [3.8, 4) is 11.8 Å². The van der Waals surface area contributed by atoms with Gasteiger partial charge in [-0.3, -0.25) is 9.48 Å². The summed E-state index contributed by atoms with van der Waals surface area (Å²) in [5, 5.41) is 19.9. The van der Waals surface area contributed by atoms with E-state index in [9.17, 15) is 27.6 Å². The summed E-state index contributed by atoms with van der Waals surface area (Å²) < 4.78 is 59.7. The molecule has 13 heteroatoms. The Morgan fingerprint density at radius 1 is 1.10 bits per heavy atom. The molecule has 48 heavy (non-hydrogen) atoms. The van der Waals surface area contributed by atoms with Gasteiger partial charge in [-0.25, -0.2) is 13.8 Å². The van der Waals surface area contributed by atoms with E-state index in [1.807, 2.05) is 30.3 Å². The third-order valence-corrected chi connectivity index (χ3v) is 7.53. The lowest BCUT2D eigenvalue weighted by Gasteiger charge is -2.26. The first-order valence-electron chi connectivity index (χ1n) is 15.5. The van der Waals surface area contributed by atoms with Crippen LogP contribution < -0.4 is 10.1 Å². The van der Waals surface area contributed by atoms with E-state index in [1.54, 1.807) is 41.3 Å².